The molecular formula is C29H38Cl2N2O. The lowest BCUT2D eigenvalue weighted by atomic mass is 10.0. The maximum Gasteiger partial charge on any atom is 0.124 e. The minimum atomic E-state index is 0.341. The quantitative estimate of drug-likeness (QED) is 0.213. The Labute approximate surface area is 215 Å². The zero-order valence-electron chi connectivity index (χ0n) is 20.6. The second-order valence-corrected chi connectivity index (χ2v) is 9.65. The second kappa shape index (κ2) is 14.6. The van der Waals surface area contributed by atoms with Crippen LogP contribution in [0.3, 0.4) is 0 Å². The smallest absolute Gasteiger partial charge is 0.124 e. The molecule has 0 atom stereocenters. The number of nitrogens with zero attached hydrogens (tertiary/aromatic N) is 1. The summed E-state index contributed by atoms with van der Waals surface area (Å²) < 4.78 is 6.26. The van der Waals surface area contributed by atoms with E-state index in [2.05, 4.69) is 60.5 Å². The number of nitrogens with one attached hydrogen (secondary N) is 1. The highest BCUT2D eigenvalue weighted by molar-refractivity contribution is 6.35. The van der Waals surface area contributed by atoms with E-state index in [1.165, 1.54) is 55.1 Å². The van der Waals surface area contributed by atoms with E-state index in [1.807, 2.05) is 18.2 Å². The minimum absolute atomic E-state index is 0.341. The number of unbranched alkanes of at least 4 members (excludes halogenated alkanes) is 2. The fourth-order valence-electron chi connectivity index (χ4n) is 4.19. The Morgan fingerprint density at radius 1 is 0.765 bits per heavy atom. The van der Waals surface area contributed by atoms with Gasteiger partial charge in [0.2, 0.25) is 0 Å². The summed E-state index contributed by atoms with van der Waals surface area (Å²) in [5.41, 5.74) is 1.99. The number of rotatable bonds is 15. The molecule has 5 heteroatoms. The molecule has 0 aliphatic rings. The van der Waals surface area contributed by atoms with Gasteiger partial charge < -0.3 is 15.0 Å². The van der Waals surface area contributed by atoms with E-state index in [9.17, 15) is 0 Å². The summed E-state index contributed by atoms with van der Waals surface area (Å²) in [4.78, 5) is 2.62. The van der Waals surface area contributed by atoms with Crippen LogP contribution in [0.2, 0.25) is 10.0 Å². The van der Waals surface area contributed by atoms with Gasteiger partial charge in [0, 0.05) is 27.7 Å². The summed E-state index contributed by atoms with van der Waals surface area (Å²) in [6.07, 6.45) is 6.21. The monoisotopic (exact) mass is 500 g/mol. The average molecular weight is 502 g/mol. The summed E-state index contributed by atoms with van der Waals surface area (Å²) in [5.74, 6) is 0.870. The molecule has 0 bridgehead atoms. The zero-order valence-corrected chi connectivity index (χ0v) is 22.1. The molecule has 0 saturated carbocycles. The summed E-state index contributed by atoms with van der Waals surface area (Å²) in [6.45, 7) is 10.2. The standard InChI is InChI=1S/C29H38Cl2N2O/c1-3-5-18-33(19-6-4-2)20-10-17-32-21-25-24-12-8-7-11-23(24)15-16-29(25)34-22-26-27(30)13-9-14-28(26)31/h7-9,11-16,32H,3-6,10,17-22H2,1-2H3. The zero-order chi connectivity index (χ0) is 24.2. The normalized spacial score (nSPS) is 11.4. The van der Waals surface area contributed by atoms with E-state index >= 15 is 0 Å². The lowest BCUT2D eigenvalue weighted by Gasteiger charge is -2.22. The first-order valence-electron chi connectivity index (χ1n) is 12.6. The number of ether oxygens (including phenoxy) is 1. The molecule has 0 amide bonds. The van der Waals surface area contributed by atoms with E-state index in [0.29, 0.717) is 16.7 Å². The lowest BCUT2D eigenvalue weighted by molar-refractivity contribution is 0.260. The van der Waals surface area contributed by atoms with Crippen LogP contribution in [0, 0.1) is 0 Å². The van der Waals surface area contributed by atoms with Crippen molar-refractivity contribution in [2.75, 3.05) is 26.2 Å². The molecule has 3 aromatic carbocycles. The van der Waals surface area contributed by atoms with Gasteiger partial charge in [-0.2, -0.15) is 0 Å². The Balaban J connectivity index is 1.63. The van der Waals surface area contributed by atoms with E-state index < -0.39 is 0 Å². The van der Waals surface area contributed by atoms with Gasteiger partial charge in [-0.15, -0.1) is 0 Å². The van der Waals surface area contributed by atoms with Gasteiger partial charge in [-0.25, -0.2) is 0 Å². The first-order valence-corrected chi connectivity index (χ1v) is 13.4. The van der Waals surface area contributed by atoms with E-state index in [1.54, 1.807) is 0 Å². The Bertz CT molecular complexity index is 996. The summed E-state index contributed by atoms with van der Waals surface area (Å²) in [7, 11) is 0. The fraction of sp³-hybridized carbons (Fsp3) is 0.448. The number of halogens is 2. The molecule has 0 saturated heterocycles. The van der Waals surface area contributed by atoms with Crippen molar-refractivity contribution in [1.29, 1.82) is 0 Å². The van der Waals surface area contributed by atoms with Crippen LogP contribution < -0.4 is 10.1 Å². The molecule has 184 valence electrons. The highest BCUT2D eigenvalue weighted by Gasteiger charge is 2.12. The first-order chi connectivity index (χ1) is 16.6. The van der Waals surface area contributed by atoms with Gasteiger partial charge in [-0.1, -0.05) is 86.3 Å². The number of benzene rings is 3. The average Bonchev–Trinajstić information content (AvgIpc) is 2.85. The van der Waals surface area contributed by atoms with Gasteiger partial charge in [0.1, 0.15) is 12.4 Å². The maximum absolute atomic E-state index is 6.36. The molecule has 0 aromatic heterocycles. The number of fused-ring (bicyclic) bond motifs is 1. The van der Waals surface area contributed by atoms with Crippen LogP contribution in [0.25, 0.3) is 10.8 Å². The van der Waals surface area contributed by atoms with Crippen LogP contribution in [0.5, 0.6) is 5.75 Å². The van der Waals surface area contributed by atoms with Crippen LogP contribution in [-0.2, 0) is 13.2 Å². The lowest BCUT2D eigenvalue weighted by Crippen LogP contribution is -2.29. The molecule has 3 nitrogen and oxygen atoms in total. The molecule has 3 aromatic rings. The molecular weight excluding hydrogens is 463 g/mol. The molecule has 0 radical (unpaired) electrons. The van der Waals surface area contributed by atoms with Crippen molar-refractivity contribution in [3.63, 3.8) is 0 Å². The first kappa shape index (κ1) is 26.8. The molecule has 1 N–H and O–H groups in total. The largest absolute Gasteiger partial charge is 0.488 e. The predicted octanol–water partition coefficient (Wildman–Crippen LogP) is 8.11. The topological polar surface area (TPSA) is 24.5 Å². The third-order valence-electron chi connectivity index (χ3n) is 6.22. The Hall–Kier alpha value is -1.78. The van der Waals surface area contributed by atoms with Gasteiger partial charge in [-0.3, -0.25) is 0 Å². The van der Waals surface area contributed by atoms with Crippen LogP contribution in [-0.4, -0.2) is 31.1 Å². The van der Waals surface area contributed by atoms with Crippen molar-refractivity contribution in [3.05, 3.63) is 75.8 Å². The fourth-order valence-corrected chi connectivity index (χ4v) is 4.70. The van der Waals surface area contributed by atoms with Gasteiger partial charge in [0.05, 0.1) is 0 Å². The Morgan fingerprint density at radius 2 is 1.44 bits per heavy atom. The molecule has 0 fully saturated rings. The number of hydrogen-bond donors (Lipinski definition) is 1. The second-order valence-electron chi connectivity index (χ2n) is 8.83. The number of hydrogen-bond acceptors (Lipinski definition) is 3. The molecule has 0 aliphatic carbocycles. The maximum atomic E-state index is 6.36. The third kappa shape index (κ3) is 7.88. The molecule has 0 aliphatic heterocycles. The molecule has 0 heterocycles. The summed E-state index contributed by atoms with van der Waals surface area (Å²) in [6, 6.07) is 18.2. The van der Waals surface area contributed by atoms with Crippen molar-refractivity contribution in [2.45, 2.75) is 59.1 Å². The van der Waals surface area contributed by atoms with Crippen molar-refractivity contribution in [2.24, 2.45) is 0 Å². The van der Waals surface area contributed by atoms with Crippen LogP contribution in [0.4, 0.5) is 0 Å². The summed E-state index contributed by atoms with van der Waals surface area (Å²) >= 11 is 12.7. The van der Waals surface area contributed by atoms with Gasteiger partial charge >= 0.3 is 0 Å². The molecule has 0 unspecified atom stereocenters. The van der Waals surface area contributed by atoms with Crippen molar-refractivity contribution in [3.8, 4) is 5.75 Å². The van der Waals surface area contributed by atoms with Gasteiger partial charge in [-0.05, 0) is 74.4 Å². The SMILES string of the molecule is CCCCN(CCCC)CCCNCc1c(OCc2c(Cl)cccc2Cl)ccc2ccccc12. The van der Waals surface area contributed by atoms with Crippen LogP contribution >= 0.6 is 23.2 Å². The van der Waals surface area contributed by atoms with E-state index in [4.69, 9.17) is 27.9 Å². The van der Waals surface area contributed by atoms with Gasteiger partial charge in [0.25, 0.3) is 0 Å². The third-order valence-corrected chi connectivity index (χ3v) is 6.92. The van der Waals surface area contributed by atoms with E-state index in [0.717, 1.165) is 37.4 Å². The molecule has 34 heavy (non-hydrogen) atoms. The predicted molar refractivity (Wildman–Crippen MR) is 147 cm³/mol. The molecule has 3 rings (SSSR count). The molecule has 0 spiro atoms. The highest BCUT2D eigenvalue weighted by Crippen LogP contribution is 2.31. The summed E-state index contributed by atoms with van der Waals surface area (Å²) in [5, 5.41) is 7.35. The van der Waals surface area contributed by atoms with Crippen LogP contribution in [0.15, 0.2) is 54.6 Å². The van der Waals surface area contributed by atoms with E-state index in [-0.39, 0.29) is 0 Å². The van der Waals surface area contributed by atoms with Crippen molar-refractivity contribution in [1.82, 2.24) is 10.2 Å². The van der Waals surface area contributed by atoms with Gasteiger partial charge in [0.15, 0.2) is 0 Å². The minimum Gasteiger partial charge on any atom is -0.488 e. The van der Waals surface area contributed by atoms with Crippen molar-refractivity contribution >= 4 is 34.0 Å². The van der Waals surface area contributed by atoms with Crippen LogP contribution in [0.1, 0.15) is 57.1 Å². The Morgan fingerprint density at radius 3 is 2.15 bits per heavy atom. The Kier molecular flexibility index (Phi) is 11.5. The highest BCUT2D eigenvalue weighted by atomic mass is 35.5. The van der Waals surface area contributed by atoms with Crippen molar-refractivity contribution < 1.29 is 4.74 Å².